The number of hydrogen-bond donors (Lipinski definition) is 3. The molecule has 2 aliphatic rings. The molecule has 2 bridgehead atoms. The van der Waals surface area contributed by atoms with Crippen molar-refractivity contribution in [1.29, 1.82) is 0 Å². The molecule has 0 aromatic carbocycles. The summed E-state index contributed by atoms with van der Waals surface area (Å²) in [4.78, 5) is 26.4. The Kier molecular flexibility index (Phi) is 5.02. The fraction of sp³-hybridized carbons (Fsp3) is 0.611. The largest absolute Gasteiger partial charge is 0.481 e. The van der Waals surface area contributed by atoms with Gasteiger partial charge in [0.05, 0.1) is 18.3 Å². The van der Waals surface area contributed by atoms with Gasteiger partial charge in [-0.15, -0.1) is 0 Å². The molecule has 0 aliphatic heterocycles. The predicted octanol–water partition coefficient (Wildman–Crippen LogP) is 3.12. The first-order valence-electron chi connectivity index (χ1n) is 8.75. The summed E-state index contributed by atoms with van der Waals surface area (Å²) in [5.74, 6) is 2.06. The van der Waals surface area contributed by atoms with Crippen molar-refractivity contribution in [2.75, 3.05) is 10.6 Å². The first-order chi connectivity index (χ1) is 11.5. The smallest absolute Gasteiger partial charge is 0.303 e. The fourth-order valence-electron chi connectivity index (χ4n) is 4.24. The number of nitrogens with zero attached hydrogens (tertiary/aromatic N) is 1. The Morgan fingerprint density at radius 1 is 1.29 bits per heavy atom. The van der Waals surface area contributed by atoms with Crippen molar-refractivity contribution in [1.82, 2.24) is 4.98 Å². The van der Waals surface area contributed by atoms with Crippen molar-refractivity contribution in [2.45, 2.75) is 51.5 Å². The minimum atomic E-state index is -0.975. The SMILES string of the molecule is CC(Nc1ccc(NC(=O)CCC(=O)O)cn1)C1CC2CCC1C2. The van der Waals surface area contributed by atoms with Gasteiger partial charge in [-0.3, -0.25) is 9.59 Å². The number of amides is 1. The molecule has 3 N–H and O–H groups in total. The molecule has 130 valence electrons. The van der Waals surface area contributed by atoms with E-state index in [9.17, 15) is 9.59 Å². The third kappa shape index (κ3) is 4.04. The van der Waals surface area contributed by atoms with E-state index in [1.165, 1.54) is 25.7 Å². The third-order valence-corrected chi connectivity index (χ3v) is 5.42. The van der Waals surface area contributed by atoms with Crippen LogP contribution in [0, 0.1) is 17.8 Å². The first-order valence-corrected chi connectivity index (χ1v) is 8.75. The van der Waals surface area contributed by atoms with Crippen LogP contribution in [0.2, 0.25) is 0 Å². The molecule has 6 nitrogen and oxygen atoms in total. The minimum absolute atomic E-state index is 0.0311. The third-order valence-electron chi connectivity index (χ3n) is 5.42. The summed E-state index contributed by atoms with van der Waals surface area (Å²) in [6, 6.07) is 4.06. The molecule has 2 saturated carbocycles. The molecule has 2 fully saturated rings. The van der Waals surface area contributed by atoms with E-state index in [1.54, 1.807) is 12.3 Å². The summed E-state index contributed by atoms with van der Waals surface area (Å²) in [6.45, 7) is 2.23. The van der Waals surface area contributed by atoms with Crippen LogP contribution in [0.1, 0.15) is 45.4 Å². The van der Waals surface area contributed by atoms with Crippen molar-refractivity contribution in [3.8, 4) is 0 Å². The second kappa shape index (κ2) is 7.20. The van der Waals surface area contributed by atoms with Crippen LogP contribution < -0.4 is 10.6 Å². The molecule has 1 amide bonds. The lowest BCUT2D eigenvalue weighted by atomic mass is 9.84. The van der Waals surface area contributed by atoms with Crippen molar-refractivity contribution < 1.29 is 14.7 Å². The maximum Gasteiger partial charge on any atom is 0.303 e. The van der Waals surface area contributed by atoms with Gasteiger partial charge < -0.3 is 15.7 Å². The van der Waals surface area contributed by atoms with Crippen LogP contribution in [0.5, 0.6) is 0 Å². The van der Waals surface area contributed by atoms with E-state index in [4.69, 9.17) is 5.11 Å². The lowest BCUT2D eigenvalue weighted by Crippen LogP contribution is -2.30. The lowest BCUT2D eigenvalue weighted by Gasteiger charge is -2.28. The first kappa shape index (κ1) is 16.7. The van der Waals surface area contributed by atoms with Crippen LogP contribution in [-0.4, -0.2) is 28.0 Å². The molecule has 0 saturated heterocycles. The number of rotatable bonds is 7. The number of carboxylic acids is 1. The molecule has 1 heterocycles. The monoisotopic (exact) mass is 331 g/mol. The van der Waals surface area contributed by atoms with Gasteiger partial charge in [0, 0.05) is 12.5 Å². The van der Waals surface area contributed by atoms with E-state index in [-0.39, 0.29) is 18.7 Å². The maximum atomic E-state index is 11.6. The van der Waals surface area contributed by atoms with Gasteiger partial charge in [0.2, 0.25) is 5.91 Å². The second-order valence-electron chi connectivity index (χ2n) is 7.15. The van der Waals surface area contributed by atoms with Crippen molar-refractivity contribution >= 4 is 23.4 Å². The van der Waals surface area contributed by atoms with Crippen LogP contribution in [-0.2, 0) is 9.59 Å². The standard InChI is InChI=1S/C18H25N3O3/c1-11(15-9-12-2-3-13(15)8-12)20-16-5-4-14(10-19-16)21-17(22)6-7-18(23)24/h4-5,10-13,15H,2-3,6-9H2,1H3,(H,19,20)(H,21,22)(H,23,24). The molecule has 1 aromatic heterocycles. The molecular weight excluding hydrogens is 306 g/mol. The Bertz CT molecular complexity index is 602. The van der Waals surface area contributed by atoms with Crippen LogP contribution >= 0.6 is 0 Å². The molecule has 1 aromatic rings. The number of aromatic nitrogens is 1. The highest BCUT2D eigenvalue weighted by molar-refractivity contribution is 5.92. The van der Waals surface area contributed by atoms with E-state index < -0.39 is 5.97 Å². The van der Waals surface area contributed by atoms with E-state index in [0.29, 0.717) is 11.7 Å². The zero-order chi connectivity index (χ0) is 17.1. The van der Waals surface area contributed by atoms with Crippen LogP contribution in [0.15, 0.2) is 18.3 Å². The quantitative estimate of drug-likeness (QED) is 0.714. The Morgan fingerprint density at radius 2 is 2.12 bits per heavy atom. The summed E-state index contributed by atoms with van der Waals surface area (Å²) in [5, 5.41) is 14.7. The Hall–Kier alpha value is -2.11. The highest BCUT2D eigenvalue weighted by Gasteiger charge is 2.41. The molecule has 0 spiro atoms. The number of anilines is 2. The molecule has 6 heteroatoms. The summed E-state index contributed by atoms with van der Waals surface area (Å²) >= 11 is 0. The second-order valence-corrected chi connectivity index (χ2v) is 7.15. The Morgan fingerprint density at radius 3 is 2.71 bits per heavy atom. The molecular formula is C18H25N3O3. The minimum Gasteiger partial charge on any atom is -0.481 e. The van der Waals surface area contributed by atoms with Gasteiger partial charge in [0.15, 0.2) is 0 Å². The molecule has 4 atom stereocenters. The van der Waals surface area contributed by atoms with Crippen molar-refractivity contribution in [3.05, 3.63) is 18.3 Å². The Labute approximate surface area is 142 Å². The summed E-state index contributed by atoms with van der Waals surface area (Å²) in [5.41, 5.74) is 0.587. The average molecular weight is 331 g/mol. The van der Waals surface area contributed by atoms with E-state index in [0.717, 1.165) is 23.6 Å². The van der Waals surface area contributed by atoms with Crippen LogP contribution in [0.4, 0.5) is 11.5 Å². The van der Waals surface area contributed by atoms with Gasteiger partial charge in [-0.05, 0) is 56.1 Å². The van der Waals surface area contributed by atoms with Gasteiger partial charge in [-0.2, -0.15) is 0 Å². The number of carbonyl (C=O) groups excluding carboxylic acids is 1. The topological polar surface area (TPSA) is 91.3 Å². The van der Waals surface area contributed by atoms with Gasteiger partial charge in [-0.25, -0.2) is 4.98 Å². The predicted molar refractivity (Wildman–Crippen MR) is 91.8 cm³/mol. The summed E-state index contributed by atoms with van der Waals surface area (Å²) < 4.78 is 0. The average Bonchev–Trinajstić information content (AvgIpc) is 3.18. The van der Waals surface area contributed by atoms with Gasteiger partial charge in [0.25, 0.3) is 0 Å². The molecule has 4 unspecified atom stereocenters. The number of pyridine rings is 1. The highest BCUT2D eigenvalue weighted by Crippen LogP contribution is 2.49. The number of nitrogens with one attached hydrogen (secondary N) is 2. The normalized spacial score (nSPS) is 26.1. The summed E-state index contributed by atoms with van der Waals surface area (Å²) in [6.07, 6.45) is 6.91. The maximum absolute atomic E-state index is 11.6. The van der Waals surface area contributed by atoms with Gasteiger partial charge in [-0.1, -0.05) is 6.42 Å². The summed E-state index contributed by atoms with van der Waals surface area (Å²) in [7, 11) is 0. The number of carboxylic acid groups (broad SMARTS) is 1. The van der Waals surface area contributed by atoms with E-state index in [2.05, 4.69) is 22.5 Å². The highest BCUT2D eigenvalue weighted by atomic mass is 16.4. The van der Waals surface area contributed by atoms with Crippen molar-refractivity contribution in [3.63, 3.8) is 0 Å². The number of fused-ring (bicyclic) bond motifs is 2. The lowest BCUT2D eigenvalue weighted by molar-refractivity contribution is -0.138. The Balaban J connectivity index is 1.49. The molecule has 0 radical (unpaired) electrons. The number of aliphatic carboxylic acids is 1. The number of hydrogen-bond acceptors (Lipinski definition) is 4. The van der Waals surface area contributed by atoms with Crippen LogP contribution in [0.3, 0.4) is 0 Å². The van der Waals surface area contributed by atoms with E-state index in [1.807, 2.05) is 6.07 Å². The zero-order valence-corrected chi connectivity index (χ0v) is 14.0. The van der Waals surface area contributed by atoms with Gasteiger partial charge >= 0.3 is 5.97 Å². The molecule has 3 rings (SSSR count). The molecule has 2 aliphatic carbocycles. The van der Waals surface area contributed by atoms with Gasteiger partial charge in [0.1, 0.15) is 5.82 Å². The van der Waals surface area contributed by atoms with Crippen LogP contribution in [0.25, 0.3) is 0 Å². The zero-order valence-electron chi connectivity index (χ0n) is 14.0. The number of carbonyl (C=O) groups is 2. The van der Waals surface area contributed by atoms with E-state index >= 15 is 0 Å². The molecule has 24 heavy (non-hydrogen) atoms. The van der Waals surface area contributed by atoms with Crippen molar-refractivity contribution in [2.24, 2.45) is 17.8 Å². The fourth-order valence-corrected chi connectivity index (χ4v) is 4.24.